The normalized spacial score (nSPS) is 10.1. The van der Waals surface area contributed by atoms with Crippen LogP contribution in [0.25, 0.3) is 21.8 Å². The number of ether oxygens (including phenoxy) is 1. The van der Waals surface area contributed by atoms with E-state index in [2.05, 4.69) is 30.9 Å². The van der Waals surface area contributed by atoms with Crippen molar-refractivity contribution in [3.8, 4) is 0 Å². The topological polar surface area (TPSA) is 103 Å². The minimum absolute atomic E-state index is 0.0347. The summed E-state index contributed by atoms with van der Waals surface area (Å²) in [6.45, 7) is 7.95. The maximum absolute atomic E-state index is 12.4. The number of hydrogen-bond acceptors (Lipinski definition) is 5. The number of rotatable bonds is 4. The monoisotopic (exact) mass is 486 g/mol. The Morgan fingerprint density at radius 3 is 2.45 bits per heavy atom. The number of H-pyrrole nitrogens is 1. The van der Waals surface area contributed by atoms with Crippen LogP contribution in [0, 0.1) is 6.92 Å². The summed E-state index contributed by atoms with van der Waals surface area (Å²) < 4.78 is 7.34. The molecular weight excluding hydrogens is 460 g/mol. The molecule has 2 heterocycles. The Balaban J connectivity index is 0.000000211. The van der Waals surface area contributed by atoms with E-state index in [9.17, 15) is 9.59 Å². The first-order valence-electron chi connectivity index (χ1n) is 9.94. The molecular formula is C23H27BrN4O3. The molecule has 31 heavy (non-hydrogen) atoms. The minimum Gasteiger partial charge on any atom is -0.463 e. The molecule has 0 aliphatic carbocycles. The number of benzene rings is 2. The van der Waals surface area contributed by atoms with Crippen molar-refractivity contribution in [3.05, 3.63) is 74.6 Å². The van der Waals surface area contributed by atoms with Crippen molar-refractivity contribution >= 4 is 44.2 Å². The van der Waals surface area contributed by atoms with Gasteiger partial charge in [0.15, 0.2) is 0 Å². The van der Waals surface area contributed by atoms with Gasteiger partial charge in [-0.15, -0.1) is 0 Å². The number of nitrogens with zero attached hydrogens (tertiary/aromatic N) is 2. The van der Waals surface area contributed by atoms with Gasteiger partial charge in [0.25, 0.3) is 12.0 Å². The van der Waals surface area contributed by atoms with E-state index < -0.39 is 0 Å². The molecule has 0 bridgehead atoms. The second-order valence-electron chi connectivity index (χ2n) is 6.55. The highest BCUT2D eigenvalue weighted by Gasteiger charge is 2.13. The van der Waals surface area contributed by atoms with E-state index in [4.69, 9.17) is 5.73 Å². The number of nitrogens with one attached hydrogen (secondary N) is 1. The molecule has 0 spiro atoms. The van der Waals surface area contributed by atoms with E-state index >= 15 is 0 Å². The first kappa shape index (κ1) is 24.3. The molecule has 2 aromatic carbocycles. The number of aromatic nitrogens is 3. The van der Waals surface area contributed by atoms with Crippen molar-refractivity contribution in [2.75, 3.05) is 6.54 Å². The SMILES string of the molecule is CCN.CCn1c(=O)c2c(C)[nH]nc2c2ccccc21.O=COCc1ccccc1Br. The standard InChI is InChI=1S/C13H13N3O.C8H7BrO2.C2H7N/c1-3-16-10-7-5-4-6-9(10)12-11(13(16)17)8(2)14-15-12;9-8-4-2-1-3-7(8)5-11-6-10;1-2-3/h4-7H,3H2,1-2H3,(H,14,15);1-4,6H,5H2;2-3H2,1H3. The zero-order valence-corrected chi connectivity index (χ0v) is 19.5. The number of aryl methyl sites for hydroxylation is 2. The average Bonchev–Trinajstić information content (AvgIpc) is 3.17. The predicted octanol–water partition coefficient (Wildman–Crippen LogP) is 4.29. The van der Waals surface area contributed by atoms with Gasteiger partial charge in [-0.1, -0.05) is 59.3 Å². The lowest BCUT2D eigenvalue weighted by atomic mass is 10.1. The van der Waals surface area contributed by atoms with Gasteiger partial charge in [0, 0.05) is 27.7 Å². The van der Waals surface area contributed by atoms with E-state index in [1.165, 1.54) is 0 Å². The van der Waals surface area contributed by atoms with Crippen LogP contribution in [-0.2, 0) is 22.7 Å². The second kappa shape index (κ2) is 12.0. The Morgan fingerprint density at radius 2 is 1.81 bits per heavy atom. The zero-order chi connectivity index (χ0) is 22.8. The summed E-state index contributed by atoms with van der Waals surface area (Å²) in [4.78, 5) is 22.2. The molecule has 0 atom stereocenters. The van der Waals surface area contributed by atoms with Crippen LogP contribution in [0.3, 0.4) is 0 Å². The highest BCUT2D eigenvalue weighted by molar-refractivity contribution is 9.10. The number of nitrogens with two attached hydrogens (primary N) is 1. The van der Waals surface area contributed by atoms with Crippen LogP contribution < -0.4 is 11.3 Å². The van der Waals surface area contributed by atoms with E-state index in [0.717, 1.165) is 38.7 Å². The smallest absolute Gasteiger partial charge is 0.293 e. The van der Waals surface area contributed by atoms with Gasteiger partial charge in [-0.3, -0.25) is 14.7 Å². The van der Waals surface area contributed by atoms with E-state index in [-0.39, 0.29) is 5.56 Å². The average molecular weight is 487 g/mol. The molecule has 0 radical (unpaired) electrons. The number of para-hydroxylation sites is 1. The van der Waals surface area contributed by atoms with Crippen molar-refractivity contribution < 1.29 is 9.53 Å². The van der Waals surface area contributed by atoms with Gasteiger partial charge in [0.1, 0.15) is 12.1 Å². The van der Waals surface area contributed by atoms with Crippen molar-refractivity contribution in [2.24, 2.45) is 5.73 Å². The number of carbonyl (C=O) groups excluding carboxylic acids is 1. The Morgan fingerprint density at radius 1 is 1.16 bits per heavy atom. The molecule has 7 nitrogen and oxygen atoms in total. The maximum atomic E-state index is 12.4. The fourth-order valence-electron chi connectivity index (χ4n) is 3.09. The lowest BCUT2D eigenvalue weighted by Gasteiger charge is -2.08. The Hall–Kier alpha value is -2.97. The summed E-state index contributed by atoms with van der Waals surface area (Å²) in [7, 11) is 0. The fraction of sp³-hybridized carbons (Fsp3) is 0.261. The number of halogens is 1. The molecule has 164 valence electrons. The highest BCUT2D eigenvalue weighted by atomic mass is 79.9. The quantitative estimate of drug-likeness (QED) is 0.418. The molecule has 0 amide bonds. The largest absolute Gasteiger partial charge is 0.463 e. The van der Waals surface area contributed by atoms with Gasteiger partial charge in [0.05, 0.1) is 10.9 Å². The molecule has 2 aromatic heterocycles. The molecule has 0 aliphatic heterocycles. The predicted molar refractivity (Wildman–Crippen MR) is 128 cm³/mol. The van der Waals surface area contributed by atoms with Crippen molar-refractivity contribution in [1.82, 2.24) is 14.8 Å². The summed E-state index contributed by atoms with van der Waals surface area (Å²) in [5.41, 5.74) is 8.40. The number of aromatic amines is 1. The van der Waals surface area contributed by atoms with Crippen LogP contribution in [0.2, 0.25) is 0 Å². The van der Waals surface area contributed by atoms with Gasteiger partial charge < -0.3 is 15.0 Å². The summed E-state index contributed by atoms with van der Waals surface area (Å²) in [6, 6.07) is 15.5. The first-order valence-corrected chi connectivity index (χ1v) is 10.7. The summed E-state index contributed by atoms with van der Waals surface area (Å²) in [5, 5.41) is 8.86. The van der Waals surface area contributed by atoms with Crippen molar-refractivity contribution in [2.45, 2.75) is 33.9 Å². The molecule has 0 saturated heterocycles. The summed E-state index contributed by atoms with van der Waals surface area (Å²) in [6.07, 6.45) is 0. The first-order chi connectivity index (χ1) is 15.0. The third-order valence-corrected chi connectivity index (χ3v) is 5.21. The van der Waals surface area contributed by atoms with Gasteiger partial charge >= 0.3 is 0 Å². The van der Waals surface area contributed by atoms with Gasteiger partial charge in [-0.2, -0.15) is 5.10 Å². The van der Waals surface area contributed by atoms with E-state index in [1.807, 2.05) is 69.3 Å². The number of carbonyl (C=O) groups is 1. The highest BCUT2D eigenvalue weighted by Crippen LogP contribution is 2.22. The molecule has 0 unspecified atom stereocenters. The van der Waals surface area contributed by atoms with Crippen LogP contribution in [0.1, 0.15) is 25.1 Å². The lowest BCUT2D eigenvalue weighted by Crippen LogP contribution is -2.19. The van der Waals surface area contributed by atoms with Crippen LogP contribution in [0.15, 0.2) is 57.8 Å². The molecule has 3 N–H and O–H groups in total. The minimum atomic E-state index is 0.0347. The number of fused-ring (bicyclic) bond motifs is 3. The van der Waals surface area contributed by atoms with E-state index in [1.54, 1.807) is 4.57 Å². The Labute approximate surface area is 189 Å². The molecule has 4 aromatic rings. The third kappa shape index (κ3) is 5.80. The van der Waals surface area contributed by atoms with Gasteiger partial charge in [-0.05, 0) is 32.5 Å². The number of pyridine rings is 1. The van der Waals surface area contributed by atoms with Gasteiger partial charge in [0.2, 0.25) is 0 Å². The Bertz CT molecular complexity index is 1200. The van der Waals surface area contributed by atoms with Crippen LogP contribution in [-0.4, -0.2) is 27.8 Å². The van der Waals surface area contributed by atoms with Gasteiger partial charge in [-0.25, -0.2) is 0 Å². The van der Waals surface area contributed by atoms with E-state index in [0.29, 0.717) is 25.0 Å². The van der Waals surface area contributed by atoms with Crippen molar-refractivity contribution in [3.63, 3.8) is 0 Å². The Kier molecular flexibility index (Phi) is 9.42. The molecule has 0 aliphatic rings. The second-order valence-corrected chi connectivity index (χ2v) is 7.40. The number of hydrogen-bond donors (Lipinski definition) is 2. The van der Waals surface area contributed by atoms with Crippen LogP contribution in [0.5, 0.6) is 0 Å². The molecule has 4 rings (SSSR count). The van der Waals surface area contributed by atoms with Crippen LogP contribution in [0.4, 0.5) is 0 Å². The maximum Gasteiger partial charge on any atom is 0.293 e. The zero-order valence-electron chi connectivity index (χ0n) is 17.9. The van der Waals surface area contributed by atoms with Crippen LogP contribution >= 0.6 is 15.9 Å². The fourth-order valence-corrected chi connectivity index (χ4v) is 3.49. The summed E-state index contributed by atoms with van der Waals surface area (Å²) in [5.74, 6) is 0. The molecule has 0 saturated carbocycles. The van der Waals surface area contributed by atoms with Crippen molar-refractivity contribution in [1.29, 1.82) is 0 Å². The third-order valence-electron chi connectivity index (χ3n) is 4.44. The molecule has 8 heteroatoms. The molecule has 0 fully saturated rings. The summed E-state index contributed by atoms with van der Waals surface area (Å²) >= 11 is 3.33. The lowest BCUT2D eigenvalue weighted by molar-refractivity contribution is -0.129.